The number of sulfonamides is 1. The lowest BCUT2D eigenvalue weighted by molar-refractivity contribution is 0.207. The quantitative estimate of drug-likeness (QED) is 0.706. The zero-order valence-electron chi connectivity index (χ0n) is 13.9. The zero-order chi connectivity index (χ0) is 18.1. The average molecular weight is 372 g/mol. The normalized spacial score (nSPS) is 18.3. The molecule has 0 radical (unpaired) electrons. The Kier molecular flexibility index (Phi) is 4.34. The van der Waals surface area contributed by atoms with E-state index in [1.165, 1.54) is 22.5 Å². The maximum absolute atomic E-state index is 13.9. The van der Waals surface area contributed by atoms with Gasteiger partial charge >= 0.3 is 0 Å². The predicted octanol–water partition coefficient (Wildman–Crippen LogP) is 3.22. The van der Waals surface area contributed by atoms with Crippen LogP contribution < -0.4 is 4.74 Å². The molecule has 1 aliphatic heterocycles. The van der Waals surface area contributed by atoms with Crippen LogP contribution in [0.5, 0.6) is 5.88 Å². The van der Waals surface area contributed by atoms with Crippen LogP contribution in [0, 0.1) is 5.82 Å². The Morgan fingerprint density at radius 1 is 1.04 bits per heavy atom. The van der Waals surface area contributed by atoms with Crippen molar-refractivity contribution in [1.82, 2.24) is 9.29 Å². The third-order valence-corrected chi connectivity index (χ3v) is 6.32. The van der Waals surface area contributed by atoms with Crippen molar-refractivity contribution in [3.05, 3.63) is 66.5 Å². The molecule has 4 rings (SSSR count). The molecular formula is C19H17FN2O3S. The minimum absolute atomic E-state index is 0.172. The average Bonchev–Trinajstić information content (AvgIpc) is 3.11. The minimum Gasteiger partial charge on any atom is -0.473 e. The molecule has 0 amide bonds. The van der Waals surface area contributed by atoms with Crippen molar-refractivity contribution in [2.75, 3.05) is 13.1 Å². The summed E-state index contributed by atoms with van der Waals surface area (Å²) in [5.74, 6) is -0.285. The molecule has 1 aliphatic rings. The molecule has 0 saturated carbocycles. The molecule has 0 spiro atoms. The fourth-order valence-electron chi connectivity index (χ4n) is 3.09. The van der Waals surface area contributed by atoms with Gasteiger partial charge in [0, 0.05) is 18.0 Å². The second kappa shape index (κ2) is 6.66. The lowest BCUT2D eigenvalue weighted by Crippen LogP contribution is -2.31. The summed E-state index contributed by atoms with van der Waals surface area (Å²) in [6.45, 7) is 0.458. The first kappa shape index (κ1) is 16.9. The van der Waals surface area contributed by atoms with Gasteiger partial charge in [0.15, 0.2) is 0 Å². The van der Waals surface area contributed by atoms with Crippen LogP contribution in [0.3, 0.4) is 0 Å². The van der Waals surface area contributed by atoms with Crippen LogP contribution in [0.15, 0.2) is 65.6 Å². The monoisotopic (exact) mass is 372 g/mol. The number of hydrogen-bond acceptors (Lipinski definition) is 4. The SMILES string of the molecule is O=S(=O)(c1ccccc1F)N1CCC(Oc2ccc3ccccc3n2)C1. The Morgan fingerprint density at radius 3 is 2.65 bits per heavy atom. The van der Waals surface area contributed by atoms with Gasteiger partial charge in [0.25, 0.3) is 0 Å². The summed E-state index contributed by atoms with van der Waals surface area (Å²) in [5.41, 5.74) is 0.818. The summed E-state index contributed by atoms with van der Waals surface area (Å²) in [4.78, 5) is 4.15. The lowest BCUT2D eigenvalue weighted by Gasteiger charge is -2.17. The van der Waals surface area contributed by atoms with Gasteiger partial charge in [-0.1, -0.05) is 30.3 Å². The van der Waals surface area contributed by atoms with E-state index in [-0.39, 0.29) is 24.1 Å². The second-order valence-corrected chi connectivity index (χ2v) is 8.07. The van der Waals surface area contributed by atoms with E-state index in [1.807, 2.05) is 30.3 Å². The third kappa shape index (κ3) is 3.15. The van der Waals surface area contributed by atoms with Gasteiger partial charge in [-0.15, -0.1) is 0 Å². The van der Waals surface area contributed by atoms with Crippen LogP contribution in [-0.4, -0.2) is 36.9 Å². The molecule has 0 N–H and O–H groups in total. The van der Waals surface area contributed by atoms with E-state index in [2.05, 4.69) is 4.98 Å². The maximum Gasteiger partial charge on any atom is 0.246 e. The number of hydrogen-bond donors (Lipinski definition) is 0. The highest BCUT2D eigenvalue weighted by Crippen LogP contribution is 2.25. The number of rotatable bonds is 4. The molecule has 134 valence electrons. The van der Waals surface area contributed by atoms with Crippen molar-refractivity contribution in [1.29, 1.82) is 0 Å². The van der Waals surface area contributed by atoms with E-state index < -0.39 is 15.8 Å². The summed E-state index contributed by atoms with van der Waals surface area (Å²) < 4.78 is 46.3. The topological polar surface area (TPSA) is 59.5 Å². The molecule has 1 unspecified atom stereocenters. The van der Waals surface area contributed by atoms with Crippen molar-refractivity contribution in [3.63, 3.8) is 0 Å². The highest BCUT2D eigenvalue weighted by Gasteiger charge is 2.35. The van der Waals surface area contributed by atoms with Gasteiger partial charge in [0.1, 0.15) is 16.8 Å². The molecule has 1 aromatic heterocycles. The van der Waals surface area contributed by atoms with Crippen molar-refractivity contribution < 1.29 is 17.5 Å². The molecule has 1 saturated heterocycles. The largest absolute Gasteiger partial charge is 0.473 e. The first-order valence-electron chi connectivity index (χ1n) is 8.31. The van der Waals surface area contributed by atoms with E-state index in [0.717, 1.165) is 17.0 Å². The Labute approximate surface area is 151 Å². The molecule has 0 aliphatic carbocycles. The van der Waals surface area contributed by atoms with Crippen LogP contribution in [0.2, 0.25) is 0 Å². The summed E-state index contributed by atoms with van der Waals surface area (Å²) in [6, 6.07) is 16.8. The molecule has 7 heteroatoms. The van der Waals surface area contributed by atoms with Gasteiger partial charge in [-0.3, -0.25) is 0 Å². The molecule has 1 atom stereocenters. The first-order valence-corrected chi connectivity index (χ1v) is 9.75. The number of nitrogens with zero attached hydrogens (tertiary/aromatic N) is 2. The Balaban J connectivity index is 1.50. The smallest absolute Gasteiger partial charge is 0.246 e. The van der Waals surface area contributed by atoms with E-state index in [0.29, 0.717) is 12.3 Å². The first-order chi connectivity index (χ1) is 12.5. The molecule has 0 bridgehead atoms. The number of ether oxygens (including phenoxy) is 1. The van der Waals surface area contributed by atoms with Gasteiger partial charge in [-0.05, 0) is 30.7 Å². The Bertz CT molecular complexity index is 1060. The van der Waals surface area contributed by atoms with E-state index in [4.69, 9.17) is 4.74 Å². The lowest BCUT2D eigenvalue weighted by atomic mass is 10.2. The van der Waals surface area contributed by atoms with E-state index >= 15 is 0 Å². The molecule has 5 nitrogen and oxygen atoms in total. The summed E-state index contributed by atoms with van der Waals surface area (Å²) in [5, 5.41) is 1.01. The second-order valence-electron chi connectivity index (χ2n) is 6.16. The molecule has 26 heavy (non-hydrogen) atoms. The van der Waals surface area contributed by atoms with Gasteiger partial charge in [0.05, 0.1) is 12.1 Å². The van der Waals surface area contributed by atoms with Gasteiger partial charge < -0.3 is 4.74 Å². The highest BCUT2D eigenvalue weighted by atomic mass is 32.2. The zero-order valence-corrected chi connectivity index (χ0v) is 14.7. The number of fused-ring (bicyclic) bond motifs is 1. The molecule has 3 aromatic rings. The van der Waals surface area contributed by atoms with Crippen LogP contribution in [0.25, 0.3) is 10.9 Å². The standard InChI is InChI=1S/C19H17FN2O3S/c20-16-6-2-4-8-18(16)26(23,24)22-12-11-15(13-22)25-19-10-9-14-5-1-3-7-17(14)21-19/h1-10,15H,11-13H2. The molecule has 2 heterocycles. The van der Waals surface area contributed by atoms with Crippen molar-refractivity contribution in [2.45, 2.75) is 17.4 Å². The molecule has 1 fully saturated rings. The predicted molar refractivity (Wildman–Crippen MR) is 95.9 cm³/mol. The Hall–Kier alpha value is -2.51. The summed E-state index contributed by atoms with van der Waals surface area (Å²) in [6.07, 6.45) is 0.215. The van der Waals surface area contributed by atoms with Crippen molar-refractivity contribution in [2.24, 2.45) is 0 Å². The van der Waals surface area contributed by atoms with Gasteiger partial charge in [-0.2, -0.15) is 4.31 Å². The molecular weight excluding hydrogens is 355 g/mol. The van der Waals surface area contributed by atoms with Crippen LogP contribution in [0.1, 0.15) is 6.42 Å². The van der Waals surface area contributed by atoms with Crippen LogP contribution in [-0.2, 0) is 10.0 Å². The van der Waals surface area contributed by atoms with E-state index in [9.17, 15) is 12.8 Å². The number of aromatic nitrogens is 1. The Morgan fingerprint density at radius 2 is 1.81 bits per heavy atom. The maximum atomic E-state index is 13.9. The number of pyridine rings is 1. The fraction of sp³-hybridized carbons (Fsp3) is 0.211. The van der Waals surface area contributed by atoms with Crippen molar-refractivity contribution in [3.8, 4) is 5.88 Å². The van der Waals surface area contributed by atoms with E-state index in [1.54, 1.807) is 6.07 Å². The fourth-order valence-corrected chi connectivity index (χ4v) is 4.64. The third-order valence-electron chi connectivity index (χ3n) is 4.42. The summed E-state index contributed by atoms with van der Waals surface area (Å²) >= 11 is 0. The molecule has 2 aromatic carbocycles. The highest BCUT2D eigenvalue weighted by molar-refractivity contribution is 7.89. The number of para-hydroxylation sites is 1. The van der Waals surface area contributed by atoms with Crippen molar-refractivity contribution >= 4 is 20.9 Å². The number of halogens is 1. The summed E-state index contributed by atoms with van der Waals surface area (Å²) in [7, 11) is -3.87. The van der Waals surface area contributed by atoms with Crippen LogP contribution in [0.4, 0.5) is 4.39 Å². The van der Waals surface area contributed by atoms with Crippen LogP contribution >= 0.6 is 0 Å². The number of benzene rings is 2. The van der Waals surface area contributed by atoms with Gasteiger partial charge in [-0.25, -0.2) is 17.8 Å². The van der Waals surface area contributed by atoms with Gasteiger partial charge in [0.2, 0.25) is 15.9 Å². The minimum atomic E-state index is -3.87.